The number of anilines is 2. The van der Waals surface area contributed by atoms with E-state index in [0.29, 0.717) is 21.8 Å². The molecular formula is C15H16N2O3S. The number of thiophene rings is 1. The Morgan fingerprint density at radius 1 is 1.33 bits per heavy atom. The van der Waals surface area contributed by atoms with Crippen molar-refractivity contribution in [3.8, 4) is 0 Å². The summed E-state index contributed by atoms with van der Waals surface area (Å²) < 4.78 is 4.95. The van der Waals surface area contributed by atoms with Gasteiger partial charge < -0.3 is 15.8 Å². The van der Waals surface area contributed by atoms with Crippen LogP contribution in [0.5, 0.6) is 0 Å². The van der Waals surface area contributed by atoms with E-state index in [-0.39, 0.29) is 12.5 Å². The number of rotatable bonds is 4. The lowest BCUT2D eigenvalue weighted by Gasteiger charge is -2.07. The van der Waals surface area contributed by atoms with Gasteiger partial charge in [-0.2, -0.15) is 0 Å². The summed E-state index contributed by atoms with van der Waals surface area (Å²) in [6.45, 7) is 3.89. The molecule has 0 aliphatic rings. The highest BCUT2D eigenvalue weighted by Gasteiger charge is 2.17. The Balaban J connectivity index is 2.18. The number of carbonyl (C=O) groups is 2. The number of esters is 1. The number of ether oxygens (including phenoxy) is 1. The van der Waals surface area contributed by atoms with E-state index < -0.39 is 5.97 Å². The zero-order valence-corrected chi connectivity index (χ0v) is 12.6. The number of hydrogen-bond acceptors (Lipinski definition) is 5. The summed E-state index contributed by atoms with van der Waals surface area (Å²) >= 11 is 1.27. The molecule has 0 unspecified atom stereocenters. The lowest BCUT2D eigenvalue weighted by atomic mass is 10.1. The molecule has 5 nitrogen and oxygen atoms in total. The highest BCUT2D eigenvalue weighted by molar-refractivity contribution is 7.14. The van der Waals surface area contributed by atoms with Gasteiger partial charge in [-0.15, -0.1) is 11.3 Å². The third-order valence-corrected chi connectivity index (χ3v) is 3.76. The first kappa shape index (κ1) is 15.1. The third kappa shape index (κ3) is 3.41. The molecule has 0 saturated heterocycles. The summed E-state index contributed by atoms with van der Waals surface area (Å²) in [4.78, 5) is 24.0. The Kier molecular flexibility index (Phi) is 4.59. The Morgan fingerprint density at radius 2 is 2.10 bits per heavy atom. The summed E-state index contributed by atoms with van der Waals surface area (Å²) in [5.74, 6) is -0.757. The molecule has 1 amide bonds. The first-order valence-corrected chi connectivity index (χ1v) is 7.33. The molecule has 0 aliphatic carbocycles. The van der Waals surface area contributed by atoms with Crippen molar-refractivity contribution in [3.05, 3.63) is 46.3 Å². The third-order valence-electron chi connectivity index (χ3n) is 2.93. The number of carbonyl (C=O) groups excluding carboxylic acids is 2. The molecule has 3 N–H and O–H groups in total. The van der Waals surface area contributed by atoms with Crippen LogP contribution in [0, 0.1) is 6.92 Å². The molecule has 110 valence electrons. The van der Waals surface area contributed by atoms with Crippen molar-refractivity contribution >= 4 is 33.9 Å². The first-order chi connectivity index (χ1) is 10.0. The highest BCUT2D eigenvalue weighted by Crippen LogP contribution is 2.25. The van der Waals surface area contributed by atoms with Crippen LogP contribution in [-0.4, -0.2) is 18.5 Å². The molecule has 0 bridgehead atoms. The quantitative estimate of drug-likeness (QED) is 0.672. The predicted octanol–water partition coefficient (Wildman–Crippen LogP) is 3.07. The predicted molar refractivity (Wildman–Crippen MR) is 83.8 cm³/mol. The molecule has 6 heteroatoms. The Labute approximate surface area is 126 Å². The largest absolute Gasteiger partial charge is 0.462 e. The summed E-state index contributed by atoms with van der Waals surface area (Å²) in [6.07, 6.45) is 0. The van der Waals surface area contributed by atoms with Crippen LogP contribution in [0.25, 0.3) is 0 Å². The summed E-state index contributed by atoms with van der Waals surface area (Å²) in [5.41, 5.74) is 8.07. The monoisotopic (exact) mass is 304 g/mol. The van der Waals surface area contributed by atoms with E-state index in [1.807, 2.05) is 6.92 Å². The molecule has 1 aromatic carbocycles. The number of aryl methyl sites for hydroxylation is 1. The maximum Gasteiger partial charge on any atom is 0.341 e. The van der Waals surface area contributed by atoms with Crippen molar-refractivity contribution in [2.24, 2.45) is 0 Å². The van der Waals surface area contributed by atoms with Crippen molar-refractivity contribution in [2.45, 2.75) is 13.8 Å². The summed E-state index contributed by atoms with van der Waals surface area (Å²) in [5, 5.41) is 4.91. The lowest BCUT2D eigenvalue weighted by molar-refractivity contribution is 0.0528. The van der Waals surface area contributed by atoms with Crippen LogP contribution in [0.1, 0.15) is 33.2 Å². The molecule has 0 fully saturated rings. The maximum atomic E-state index is 12.2. The van der Waals surface area contributed by atoms with E-state index in [1.54, 1.807) is 36.6 Å². The second kappa shape index (κ2) is 6.41. The van der Waals surface area contributed by atoms with E-state index in [4.69, 9.17) is 10.5 Å². The fourth-order valence-corrected chi connectivity index (χ4v) is 2.50. The number of amides is 1. The normalized spacial score (nSPS) is 10.2. The SMILES string of the molecule is CCOC(=O)c1ccsc1NC(=O)c1ccc(C)c(N)c1. The van der Waals surface area contributed by atoms with Crippen molar-refractivity contribution in [3.63, 3.8) is 0 Å². The van der Waals surface area contributed by atoms with Gasteiger partial charge in [0, 0.05) is 11.3 Å². The Bertz CT molecular complexity index is 679. The van der Waals surface area contributed by atoms with Gasteiger partial charge in [-0.25, -0.2) is 4.79 Å². The standard InChI is InChI=1S/C15H16N2O3S/c1-3-20-15(19)11-6-7-21-14(11)17-13(18)10-5-4-9(2)12(16)8-10/h4-8H,3,16H2,1-2H3,(H,17,18). The molecule has 21 heavy (non-hydrogen) atoms. The van der Waals surface area contributed by atoms with Crippen molar-refractivity contribution in [1.82, 2.24) is 0 Å². The fourth-order valence-electron chi connectivity index (χ4n) is 1.73. The lowest BCUT2D eigenvalue weighted by Crippen LogP contribution is -2.14. The van der Waals surface area contributed by atoms with Crippen LogP contribution in [0.15, 0.2) is 29.6 Å². The van der Waals surface area contributed by atoms with Crippen LogP contribution in [0.4, 0.5) is 10.7 Å². The van der Waals surface area contributed by atoms with Crippen LogP contribution < -0.4 is 11.1 Å². The van der Waals surface area contributed by atoms with E-state index in [0.717, 1.165) is 5.56 Å². The number of nitrogens with one attached hydrogen (secondary N) is 1. The van der Waals surface area contributed by atoms with Gasteiger partial charge in [0.1, 0.15) is 5.00 Å². The van der Waals surface area contributed by atoms with Gasteiger partial charge in [0.2, 0.25) is 0 Å². The Hall–Kier alpha value is -2.34. The van der Waals surface area contributed by atoms with Crippen LogP contribution in [0.2, 0.25) is 0 Å². The molecule has 0 radical (unpaired) electrons. The minimum absolute atomic E-state index is 0.288. The van der Waals surface area contributed by atoms with Gasteiger partial charge >= 0.3 is 5.97 Å². The minimum Gasteiger partial charge on any atom is -0.462 e. The average molecular weight is 304 g/mol. The van der Waals surface area contributed by atoms with Gasteiger partial charge in [0.25, 0.3) is 5.91 Å². The van der Waals surface area contributed by atoms with Crippen molar-refractivity contribution in [2.75, 3.05) is 17.7 Å². The van der Waals surface area contributed by atoms with Gasteiger partial charge in [-0.05, 0) is 43.0 Å². The van der Waals surface area contributed by atoms with Crippen LogP contribution in [0.3, 0.4) is 0 Å². The molecule has 2 rings (SSSR count). The van der Waals surface area contributed by atoms with Gasteiger partial charge in [-0.1, -0.05) is 6.07 Å². The Morgan fingerprint density at radius 3 is 2.76 bits per heavy atom. The molecule has 1 heterocycles. The maximum absolute atomic E-state index is 12.2. The molecule has 0 atom stereocenters. The van der Waals surface area contributed by atoms with Crippen LogP contribution in [-0.2, 0) is 4.74 Å². The van der Waals surface area contributed by atoms with E-state index in [2.05, 4.69) is 5.32 Å². The topological polar surface area (TPSA) is 81.4 Å². The smallest absolute Gasteiger partial charge is 0.341 e. The van der Waals surface area contributed by atoms with Crippen LogP contribution >= 0.6 is 11.3 Å². The summed E-state index contributed by atoms with van der Waals surface area (Å²) in [6, 6.07) is 6.72. The molecule has 0 saturated carbocycles. The zero-order chi connectivity index (χ0) is 15.4. The van der Waals surface area contributed by atoms with E-state index >= 15 is 0 Å². The molecular weight excluding hydrogens is 288 g/mol. The second-order valence-electron chi connectivity index (χ2n) is 4.41. The van der Waals surface area contributed by atoms with Gasteiger partial charge in [-0.3, -0.25) is 4.79 Å². The highest BCUT2D eigenvalue weighted by atomic mass is 32.1. The van der Waals surface area contributed by atoms with E-state index in [9.17, 15) is 9.59 Å². The number of hydrogen-bond donors (Lipinski definition) is 2. The molecule has 1 aromatic heterocycles. The minimum atomic E-state index is -0.447. The van der Waals surface area contributed by atoms with Gasteiger partial charge in [0.05, 0.1) is 12.2 Å². The second-order valence-corrected chi connectivity index (χ2v) is 5.33. The zero-order valence-electron chi connectivity index (χ0n) is 11.8. The number of benzene rings is 1. The van der Waals surface area contributed by atoms with E-state index in [1.165, 1.54) is 11.3 Å². The van der Waals surface area contributed by atoms with Gasteiger partial charge in [0.15, 0.2) is 0 Å². The average Bonchev–Trinajstić information content (AvgIpc) is 2.90. The molecule has 0 spiro atoms. The first-order valence-electron chi connectivity index (χ1n) is 6.45. The fraction of sp³-hybridized carbons (Fsp3) is 0.200. The van der Waals surface area contributed by atoms with Crippen molar-refractivity contribution < 1.29 is 14.3 Å². The molecule has 0 aliphatic heterocycles. The summed E-state index contributed by atoms with van der Waals surface area (Å²) in [7, 11) is 0. The van der Waals surface area contributed by atoms with Crippen molar-refractivity contribution in [1.29, 1.82) is 0 Å². The molecule has 2 aromatic rings. The number of nitrogens with two attached hydrogens (primary N) is 1. The number of nitrogen functional groups attached to an aromatic ring is 1.